The molecule has 4 rings (SSSR count). The highest BCUT2D eigenvalue weighted by Crippen LogP contribution is 2.43. The Morgan fingerprint density at radius 3 is 2.60 bits per heavy atom. The summed E-state index contributed by atoms with van der Waals surface area (Å²) < 4.78 is 0. The molecule has 0 radical (unpaired) electrons. The molecule has 1 aromatic heterocycles. The van der Waals surface area contributed by atoms with Gasteiger partial charge in [-0.25, -0.2) is 9.98 Å². The largest absolute Gasteiger partial charge is 0.357 e. The van der Waals surface area contributed by atoms with Crippen LogP contribution in [0.25, 0.3) is 11.4 Å². The first-order valence-electron chi connectivity index (χ1n) is 10.3. The van der Waals surface area contributed by atoms with Gasteiger partial charge >= 0.3 is 0 Å². The summed E-state index contributed by atoms with van der Waals surface area (Å²) in [6.45, 7) is 4.44. The maximum Gasteiger partial charge on any atom is 0.191 e. The van der Waals surface area contributed by atoms with E-state index in [0.29, 0.717) is 6.54 Å². The number of hydrogen-bond acceptors (Lipinski definition) is 3. The van der Waals surface area contributed by atoms with E-state index >= 15 is 0 Å². The number of aromatic nitrogens is 3. The number of hydrogen-bond donors (Lipinski definition) is 3. The predicted octanol–water partition coefficient (Wildman–Crippen LogP) is 4.27. The molecule has 0 unspecified atom stereocenters. The Morgan fingerprint density at radius 1 is 1.10 bits per heavy atom. The molecule has 0 aliphatic heterocycles. The SMILES string of the molecule is CCNC(=NCc1cccc(-c2ncn[nH]2)c1)NCC1(c2ccccc2)CCC1.I. The van der Waals surface area contributed by atoms with Crippen LogP contribution in [0.3, 0.4) is 0 Å². The number of nitrogens with one attached hydrogen (secondary N) is 3. The zero-order valence-corrected chi connectivity index (χ0v) is 19.6. The molecule has 0 amide bonds. The van der Waals surface area contributed by atoms with Gasteiger partial charge in [-0.05, 0) is 37.0 Å². The molecule has 1 aliphatic rings. The first-order chi connectivity index (χ1) is 14.3. The van der Waals surface area contributed by atoms with Crippen LogP contribution in [0.2, 0.25) is 0 Å². The molecule has 7 heteroatoms. The van der Waals surface area contributed by atoms with Crippen LogP contribution in [-0.4, -0.2) is 34.2 Å². The highest BCUT2D eigenvalue weighted by atomic mass is 127. The number of halogens is 1. The fourth-order valence-corrected chi connectivity index (χ4v) is 3.89. The van der Waals surface area contributed by atoms with Gasteiger partial charge in [0.25, 0.3) is 0 Å². The van der Waals surface area contributed by atoms with Gasteiger partial charge in [0.15, 0.2) is 11.8 Å². The van der Waals surface area contributed by atoms with Crippen molar-refractivity contribution in [3.8, 4) is 11.4 Å². The summed E-state index contributed by atoms with van der Waals surface area (Å²) >= 11 is 0. The van der Waals surface area contributed by atoms with Gasteiger partial charge in [-0.15, -0.1) is 24.0 Å². The lowest BCUT2D eigenvalue weighted by Gasteiger charge is -2.43. The number of H-pyrrole nitrogens is 1. The average molecular weight is 516 g/mol. The van der Waals surface area contributed by atoms with E-state index < -0.39 is 0 Å². The van der Waals surface area contributed by atoms with Crippen molar-refractivity contribution >= 4 is 29.9 Å². The number of aromatic amines is 1. The average Bonchev–Trinajstić information content (AvgIpc) is 3.27. The van der Waals surface area contributed by atoms with Crippen molar-refractivity contribution in [2.45, 2.75) is 38.1 Å². The van der Waals surface area contributed by atoms with Gasteiger partial charge in [-0.3, -0.25) is 5.10 Å². The third kappa shape index (κ3) is 5.19. The van der Waals surface area contributed by atoms with E-state index in [0.717, 1.165) is 36.0 Å². The van der Waals surface area contributed by atoms with Crippen LogP contribution in [0, 0.1) is 0 Å². The predicted molar refractivity (Wildman–Crippen MR) is 132 cm³/mol. The molecule has 1 fully saturated rings. The standard InChI is InChI=1S/C23H28N6.HI/c1-2-24-22(26-16-23(12-7-13-23)20-10-4-3-5-11-20)25-15-18-8-6-9-19(14-18)21-27-17-28-29-21;/h3-6,8-11,14,17H,2,7,12-13,15-16H2,1H3,(H2,24,25,26)(H,27,28,29);1H. The Hall–Kier alpha value is -2.42. The Balaban J connectivity index is 0.00000256. The van der Waals surface area contributed by atoms with Crippen molar-refractivity contribution in [3.05, 3.63) is 72.1 Å². The van der Waals surface area contributed by atoms with Crippen LogP contribution >= 0.6 is 24.0 Å². The minimum atomic E-state index is 0. The molecule has 1 saturated carbocycles. The molecule has 6 nitrogen and oxygen atoms in total. The lowest BCUT2D eigenvalue weighted by atomic mass is 9.64. The normalized spacial score (nSPS) is 15.0. The smallest absolute Gasteiger partial charge is 0.191 e. The monoisotopic (exact) mass is 516 g/mol. The summed E-state index contributed by atoms with van der Waals surface area (Å²) in [6.07, 6.45) is 5.26. The summed E-state index contributed by atoms with van der Waals surface area (Å²) in [5.74, 6) is 1.63. The molecular weight excluding hydrogens is 487 g/mol. The number of aliphatic imine (C=N–C) groups is 1. The Morgan fingerprint density at radius 2 is 1.93 bits per heavy atom. The Kier molecular flexibility index (Phi) is 7.84. The van der Waals surface area contributed by atoms with Gasteiger partial charge in [0.2, 0.25) is 0 Å². The van der Waals surface area contributed by atoms with Crippen molar-refractivity contribution < 1.29 is 0 Å². The van der Waals surface area contributed by atoms with E-state index in [1.54, 1.807) is 0 Å². The van der Waals surface area contributed by atoms with Gasteiger partial charge in [0.05, 0.1) is 6.54 Å². The quantitative estimate of drug-likeness (QED) is 0.249. The summed E-state index contributed by atoms with van der Waals surface area (Å²) in [6, 6.07) is 19.1. The van der Waals surface area contributed by atoms with Crippen LogP contribution in [0.4, 0.5) is 0 Å². The minimum absolute atomic E-state index is 0. The van der Waals surface area contributed by atoms with E-state index in [9.17, 15) is 0 Å². The second-order valence-corrected chi connectivity index (χ2v) is 7.58. The first-order valence-corrected chi connectivity index (χ1v) is 10.3. The maximum atomic E-state index is 4.81. The van der Waals surface area contributed by atoms with Gasteiger partial charge in [-0.1, -0.05) is 55.0 Å². The van der Waals surface area contributed by atoms with E-state index in [1.165, 1.54) is 31.2 Å². The topological polar surface area (TPSA) is 78.0 Å². The van der Waals surface area contributed by atoms with Crippen LogP contribution in [0.5, 0.6) is 0 Å². The second-order valence-electron chi connectivity index (χ2n) is 7.58. The molecule has 2 aromatic carbocycles. The fourth-order valence-electron chi connectivity index (χ4n) is 3.89. The number of guanidine groups is 1. The van der Waals surface area contributed by atoms with Crippen molar-refractivity contribution in [1.29, 1.82) is 0 Å². The third-order valence-electron chi connectivity index (χ3n) is 5.67. The number of benzene rings is 2. The Bertz CT molecular complexity index is 935. The van der Waals surface area contributed by atoms with Crippen molar-refractivity contribution in [2.75, 3.05) is 13.1 Å². The summed E-state index contributed by atoms with van der Waals surface area (Å²) in [5, 5.41) is 13.8. The van der Waals surface area contributed by atoms with E-state index in [4.69, 9.17) is 4.99 Å². The van der Waals surface area contributed by atoms with Crippen LogP contribution in [0.1, 0.15) is 37.3 Å². The zero-order chi connectivity index (χ0) is 19.9. The zero-order valence-electron chi connectivity index (χ0n) is 17.3. The van der Waals surface area contributed by atoms with Gasteiger partial charge in [0, 0.05) is 24.1 Å². The molecule has 3 N–H and O–H groups in total. The van der Waals surface area contributed by atoms with E-state index in [2.05, 4.69) is 75.2 Å². The molecule has 3 aromatic rings. The number of rotatable bonds is 7. The van der Waals surface area contributed by atoms with Gasteiger partial charge in [-0.2, -0.15) is 5.10 Å². The molecule has 0 saturated heterocycles. The van der Waals surface area contributed by atoms with Crippen molar-refractivity contribution in [2.24, 2.45) is 4.99 Å². The summed E-state index contributed by atoms with van der Waals surface area (Å²) in [7, 11) is 0. The summed E-state index contributed by atoms with van der Waals surface area (Å²) in [5.41, 5.74) is 3.81. The molecule has 158 valence electrons. The van der Waals surface area contributed by atoms with Crippen molar-refractivity contribution in [3.63, 3.8) is 0 Å². The highest BCUT2D eigenvalue weighted by Gasteiger charge is 2.38. The molecule has 0 spiro atoms. The summed E-state index contributed by atoms with van der Waals surface area (Å²) in [4.78, 5) is 9.04. The maximum absolute atomic E-state index is 4.81. The molecule has 1 aliphatic carbocycles. The minimum Gasteiger partial charge on any atom is -0.357 e. The number of nitrogens with zero attached hydrogens (tertiary/aromatic N) is 3. The molecule has 1 heterocycles. The van der Waals surface area contributed by atoms with Gasteiger partial charge < -0.3 is 10.6 Å². The lowest BCUT2D eigenvalue weighted by molar-refractivity contribution is 0.244. The van der Waals surface area contributed by atoms with Crippen LogP contribution in [-0.2, 0) is 12.0 Å². The fraction of sp³-hybridized carbons (Fsp3) is 0.348. The molecule has 0 atom stereocenters. The molecule has 30 heavy (non-hydrogen) atoms. The first kappa shape index (κ1) is 22.3. The van der Waals surface area contributed by atoms with Crippen molar-refractivity contribution in [1.82, 2.24) is 25.8 Å². The lowest BCUT2D eigenvalue weighted by Crippen LogP contribution is -2.48. The van der Waals surface area contributed by atoms with Crippen LogP contribution in [0.15, 0.2) is 65.9 Å². The third-order valence-corrected chi connectivity index (χ3v) is 5.67. The van der Waals surface area contributed by atoms with E-state index in [-0.39, 0.29) is 29.4 Å². The van der Waals surface area contributed by atoms with Gasteiger partial charge in [0.1, 0.15) is 6.33 Å². The Labute approximate surface area is 195 Å². The second kappa shape index (κ2) is 10.6. The van der Waals surface area contributed by atoms with E-state index in [1.807, 2.05) is 12.1 Å². The highest BCUT2D eigenvalue weighted by molar-refractivity contribution is 14.0. The van der Waals surface area contributed by atoms with Crippen LogP contribution < -0.4 is 10.6 Å². The molecule has 0 bridgehead atoms. The molecular formula is C23H29IN6.